The average molecular weight is 301 g/mol. The van der Waals surface area contributed by atoms with E-state index >= 15 is 0 Å². The Labute approximate surface area is 135 Å². The molecular formula is C19H31N3. The van der Waals surface area contributed by atoms with Gasteiger partial charge < -0.3 is 4.90 Å². The molecule has 1 aromatic rings. The fourth-order valence-electron chi connectivity index (χ4n) is 3.90. The quantitative estimate of drug-likeness (QED) is 0.803. The molecule has 3 nitrogen and oxygen atoms in total. The zero-order valence-electron chi connectivity index (χ0n) is 14.1. The Balaban J connectivity index is 1.67. The summed E-state index contributed by atoms with van der Waals surface area (Å²) in [7, 11) is 0. The molecule has 3 heterocycles. The topological polar surface area (TPSA) is 19.4 Å². The molecule has 0 bridgehead atoms. The van der Waals surface area contributed by atoms with Crippen LogP contribution in [-0.4, -0.2) is 36.1 Å². The van der Waals surface area contributed by atoms with Crippen molar-refractivity contribution in [3.63, 3.8) is 0 Å². The maximum Gasteiger partial charge on any atom is 0.128 e. The van der Waals surface area contributed by atoms with Crippen LogP contribution in [0.5, 0.6) is 0 Å². The average Bonchev–Trinajstić information content (AvgIpc) is 2.61. The normalized spacial score (nSPS) is 23.7. The molecule has 0 radical (unpaired) electrons. The van der Waals surface area contributed by atoms with E-state index in [1.54, 1.807) is 0 Å². The van der Waals surface area contributed by atoms with E-state index in [0.717, 1.165) is 0 Å². The van der Waals surface area contributed by atoms with Gasteiger partial charge in [-0.05, 0) is 63.2 Å². The largest absolute Gasteiger partial charge is 0.357 e. The van der Waals surface area contributed by atoms with Crippen molar-refractivity contribution in [1.29, 1.82) is 0 Å². The van der Waals surface area contributed by atoms with Crippen molar-refractivity contribution >= 4 is 5.82 Å². The van der Waals surface area contributed by atoms with Crippen molar-refractivity contribution in [2.24, 2.45) is 0 Å². The molecule has 22 heavy (non-hydrogen) atoms. The van der Waals surface area contributed by atoms with Crippen LogP contribution in [0.3, 0.4) is 0 Å². The third-order valence-corrected chi connectivity index (χ3v) is 5.25. The summed E-state index contributed by atoms with van der Waals surface area (Å²) in [6.45, 7) is 7.15. The molecule has 122 valence electrons. The number of nitrogens with zero attached hydrogens (tertiary/aromatic N) is 3. The van der Waals surface area contributed by atoms with E-state index < -0.39 is 0 Å². The lowest BCUT2D eigenvalue weighted by molar-refractivity contribution is 0.146. The summed E-state index contributed by atoms with van der Waals surface area (Å²) >= 11 is 0. The number of anilines is 1. The van der Waals surface area contributed by atoms with Gasteiger partial charge in [0.1, 0.15) is 5.82 Å². The summed E-state index contributed by atoms with van der Waals surface area (Å²) in [5, 5.41) is 0. The SMILES string of the molecule is CCCCN1CCCC[C@H]1c1ccc(N2CCCCC2)nc1. The first-order valence-electron chi connectivity index (χ1n) is 9.33. The van der Waals surface area contributed by atoms with Gasteiger partial charge in [0.25, 0.3) is 0 Å². The summed E-state index contributed by atoms with van der Waals surface area (Å²) in [5.41, 5.74) is 1.43. The molecule has 1 atom stereocenters. The lowest BCUT2D eigenvalue weighted by Gasteiger charge is -2.36. The highest BCUT2D eigenvalue weighted by Gasteiger charge is 2.23. The van der Waals surface area contributed by atoms with Crippen molar-refractivity contribution in [2.45, 2.75) is 64.3 Å². The monoisotopic (exact) mass is 301 g/mol. The number of likely N-dealkylation sites (tertiary alicyclic amines) is 1. The second-order valence-electron chi connectivity index (χ2n) is 6.90. The van der Waals surface area contributed by atoms with Crippen molar-refractivity contribution < 1.29 is 0 Å². The van der Waals surface area contributed by atoms with Crippen molar-refractivity contribution in [1.82, 2.24) is 9.88 Å². The van der Waals surface area contributed by atoms with Crippen LogP contribution in [-0.2, 0) is 0 Å². The number of piperidine rings is 2. The van der Waals surface area contributed by atoms with Gasteiger partial charge in [0, 0.05) is 25.3 Å². The van der Waals surface area contributed by atoms with E-state index in [1.807, 2.05) is 0 Å². The second kappa shape index (κ2) is 7.96. The first kappa shape index (κ1) is 15.8. The van der Waals surface area contributed by atoms with Crippen LogP contribution in [0.4, 0.5) is 5.82 Å². The number of hydrogen-bond acceptors (Lipinski definition) is 3. The van der Waals surface area contributed by atoms with Crippen LogP contribution in [0.15, 0.2) is 18.3 Å². The molecule has 3 rings (SSSR count). The Hall–Kier alpha value is -1.09. The highest BCUT2D eigenvalue weighted by Crippen LogP contribution is 2.31. The smallest absolute Gasteiger partial charge is 0.128 e. The zero-order chi connectivity index (χ0) is 15.2. The molecule has 0 aromatic carbocycles. The molecule has 0 spiro atoms. The van der Waals surface area contributed by atoms with Gasteiger partial charge in [-0.15, -0.1) is 0 Å². The molecule has 3 heteroatoms. The Kier molecular flexibility index (Phi) is 5.71. The number of rotatable bonds is 5. The number of pyridine rings is 1. The van der Waals surface area contributed by atoms with E-state index in [0.29, 0.717) is 6.04 Å². The van der Waals surface area contributed by atoms with Crippen molar-refractivity contribution in [3.05, 3.63) is 23.9 Å². The Morgan fingerprint density at radius 3 is 2.59 bits per heavy atom. The third-order valence-electron chi connectivity index (χ3n) is 5.25. The molecular weight excluding hydrogens is 270 g/mol. The molecule has 2 fully saturated rings. The number of unbranched alkanes of at least 4 members (excludes halogenated alkanes) is 1. The first-order chi connectivity index (χ1) is 10.9. The van der Waals surface area contributed by atoms with Crippen LogP contribution in [0, 0.1) is 0 Å². The Morgan fingerprint density at radius 1 is 1.05 bits per heavy atom. The van der Waals surface area contributed by atoms with Gasteiger partial charge in [0.05, 0.1) is 0 Å². The fraction of sp³-hybridized carbons (Fsp3) is 0.737. The molecule has 0 N–H and O–H groups in total. The molecule has 0 unspecified atom stereocenters. The van der Waals surface area contributed by atoms with E-state index in [9.17, 15) is 0 Å². The van der Waals surface area contributed by atoms with Gasteiger partial charge in [0.15, 0.2) is 0 Å². The van der Waals surface area contributed by atoms with E-state index in [4.69, 9.17) is 4.98 Å². The maximum atomic E-state index is 4.79. The predicted octanol–water partition coefficient (Wildman–Crippen LogP) is 4.40. The van der Waals surface area contributed by atoms with Gasteiger partial charge in [-0.25, -0.2) is 4.98 Å². The summed E-state index contributed by atoms with van der Waals surface area (Å²) in [6, 6.07) is 5.20. The van der Waals surface area contributed by atoms with E-state index in [-0.39, 0.29) is 0 Å². The van der Waals surface area contributed by atoms with Gasteiger partial charge in [-0.1, -0.05) is 25.8 Å². The fourth-order valence-corrected chi connectivity index (χ4v) is 3.90. The highest BCUT2D eigenvalue weighted by molar-refractivity contribution is 5.40. The highest BCUT2D eigenvalue weighted by atomic mass is 15.2. The lowest BCUT2D eigenvalue weighted by atomic mass is 9.96. The van der Waals surface area contributed by atoms with Crippen molar-refractivity contribution in [2.75, 3.05) is 31.1 Å². The minimum Gasteiger partial charge on any atom is -0.357 e. The summed E-state index contributed by atoms with van der Waals surface area (Å²) in [5.74, 6) is 1.18. The Morgan fingerprint density at radius 2 is 1.86 bits per heavy atom. The van der Waals surface area contributed by atoms with Crippen molar-refractivity contribution in [3.8, 4) is 0 Å². The van der Waals surface area contributed by atoms with Gasteiger partial charge in [-0.2, -0.15) is 0 Å². The van der Waals surface area contributed by atoms with Crippen LogP contribution < -0.4 is 4.90 Å². The maximum absolute atomic E-state index is 4.79. The molecule has 0 saturated carbocycles. The minimum atomic E-state index is 0.600. The van der Waals surface area contributed by atoms with Crippen LogP contribution >= 0.6 is 0 Å². The predicted molar refractivity (Wildman–Crippen MR) is 93.4 cm³/mol. The molecule has 0 amide bonds. The first-order valence-corrected chi connectivity index (χ1v) is 9.33. The van der Waals surface area contributed by atoms with Gasteiger partial charge in [0.2, 0.25) is 0 Å². The van der Waals surface area contributed by atoms with E-state index in [2.05, 4.69) is 35.1 Å². The van der Waals surface area contributed by atoms with Gasteiger partial charge in [-0.3, -0.25) is 4.90 Å². The molecule has 2 aliphatic heterocycles. The summed E-state index contributed by atoms with van der Waals surface area (Å²) in [4.78, 5) is 9.92. The van der Waals surface area contributed by atoms with Crippen LogP contribution in [0.1, 0.15) is 69.9 Å². The third kappa shape index (κ3) is 3.81. The number of hydrogen-bond donors (Lipinski definition) is 0. The number of aromatic nitrogens is 1. The molecule has 0 aliphatic carbocycles. The lowest BCUT2D eigenvalue weighted by Crippen LogP contribution is -2.34. The van der Waals surface area contributed by atoms with Crippen LogP contribution in [0.2, 0.25) is 0 Å². The zero-order valence-corrected chi connectivity index (χ0v) is 14.1. The summed E-state index contributed by atoms with van der Waals surface area (Å²) in [6.07, 6.45) is 12.8. The Bertz CT molecular complexity index is 436. The van der Waals surface area contributed by atoms with Crippen LogP contribution in [0.25, 0.3) is 0 Å². The van der Waals surface area contributed by atoms with Gasteiger partial charge >= 0.3 is 0 Å². The standard InChI is InChI=1S/C19H31N3/c1-2-3-12-21-13-8-5-9-18(21)17-10-11-19(20-16-17)22-14-6-4-7-15-22/h10-11,16,18H,2-9,12-15H2,1H3/t18-/m0/s1. The molecule has 2 aliphatic rings. The summed E-state index contributed by atoms with van der Waals surface area (Å²) < 4.78 is 0. The van der Waals surface area contributed by atoms with E-state index in [1.165, 1.54) is 88.9 Å². The molecule has 2 saturated heterocycles. The minimum absolute atomic E-state index is 0.600. The molecule has 1 aromatic heterocycles. The second-order valence-corrected chi connectivity index (χ2v) is 6.90.